The topological polar surface area (TPSA) is 59.1 Å². The number of carbonyl (C=O) groups is 2. The normalized spacial score (nSPS) is 18.0. The maximum atomic E-state index is 12.4. The molecule has 0 bridgehead atoms. The van der Waals surface area contributed by atoms with Gasteiger partial charge < -0.3 is 19.3 Å². The summed E-state index contributed by atoms with van der Waals surface area (Å²) in [6.07, 6.45) is -0.715. The molecule has 1 aromatic carbocycles. The highest BCUT2D eigenvalue weighted by molar-refractivity contribution is 9.09. The summed E-state index contributed by atoms with van der Waals surface area (Å²) >= 11 is 3.43. The van der Waals surface area contributed by atoms with Crippen molar-refractivity contribution in [3.63, 3.8) is 0 Å². The van der Waals surface area contributed by atoms with E-state index in [1.165, 1.54) is 0 Å². The molecule has 1 saturated heterocycles. The van der Waals surface area contributed by atoms with Gasteiger partial charge in [0.1, 0.15) is 12.2 Å². The zero-order valence-electron chi connectivity index (χ0n) is 14.9. The zero-order chi connectivity index (χ0) is 18.4. The summed E-state index contributed by atoms with van der Waals surface area (Å²) in [7, 11) is 0. The Morgan fingerprint density at radius 3 is 2.44 bits per heavy atom. The number of benzene rings is 1. The minimum Gasteiger partial charge on any atom is -0.445 e. The number of nitrogens with zero attached hydrogens (tertiary/aromatic N) is 2. The van der Waals surface area contributed by atoms with Gasteiger partial charge in [-0.2, -0.15) is 0 Å². The van der Waals surface area contributed by atoms with E-state index in [2.05, 4.69) is 15.9 Å². The number of amides is 2. The molecule has 0 saturated carbocycles. The van der Waals surface area contributed by atoms with Crippen molar-refractivity contribution in [1.29, 1.82) is 0 Å². The van der Waals surface area contributed by atoms with Gasteiger partial charge in [0.05, 0.1) is 6.04 Å². The second-order valence-corrected chi connectivity index (χ2v) is 7.62. The number of hydrogen-bond donors (Lipinski definition) is 0. The van der Waals surface area contributed by atoms with Crippen LogP contribution in [0.2, 0.25) is 0 Å². The van der Waals surface area contributed by atoms with E-state index >= 15 is 0 Å². The van der Waals surface area contributed by atoms with Gasteiger partial charge in [-0.05, 0) is 26.3 Å². The smallest absolute Gasteiger partial charge is 0.410 e. The summed E-state index contributed by atoms with van der Waals surface area (Å²) in [5, 5.41) is 0.562. The average molecular weight is 413 g/mol. The fourth-order valence-corrected chi connectivity index (χ4v) is 3.08. The fraction of sp³-hybridized carbons (Fsp3) is 0.556. The van der Waals surface area contributed by atoms with Crippen molar-refractivity contribution >= 4 is 28.1 Å². The van der Waals surface area contributed by atoms with Gasteiger partial charge in [-0.15, -0.1) is 0 Å². The molecule has 0 aromatic heterocycles. The molecule has 0 aliphatic carbocycles. The third-order valence-electron chi connectivity index (χ3n) is 3.75. The van der Waals surface area contributed by atoms with Gasteiger partial charge in [0.2, 0.25) is 0 Å². The molecule has 138 valence electrons. The van der Waals surface area contributed by atoms with E-state index < -0.39 is 5.60 Å². The number of alkyl halides is 1. The molecule has 6 nitrogen and oxygen atoms in total. The van der Waals surface area contributed by atoms with Crippen LogP contribution in [0.1, 0.15) is 26.3 Å². The standard InChI is InChI=1S/C18H25BrN2O4/c1-18(2,3)25-16(22)20-9-10-21(15(11-19)12-20)17(23)24-13-14-7-5-4-6-8-14/h4-8,15H,9-13H2,1-3H3. The van der Waals surface area contributed by atoms with E-state index in [1.54, 1.807) is 9.80 Å². The van der Waals surface area contributed by atoms with E-state index in [1.807, 2.05) is 51.1 Å². The van der Waals surface area contributed by atoms with Gasteiger partial charge in [0.15, 0.2) is 0 Å². The molecule has 1 aliphatic heterocycles. The molecule has 0 N–H and O–H groups in total. The lowest BCUT2D eigenvalue weighted by molar-refractivity contribution is 0.00395. The molecule has 1 aromatic rings. The molecule has 7 heteroatoms. The van der Waals surface area contributed by atoms with Crippen LogP contribution in [0.5, 0.6) is 0 Å². The number of rotatable bonds is 3. The first-order valence-electron chi connectivity index (χ1n) is 8.31. The van der Waals surface area contributed by atoms with Crippen molar-refractivity contribution in [3.8, 4) is 0 Å². The Balaban J connectivity index is 1.90. The van der Waals surface area contributed by atoms with Gasteiger partial charge in [0, 0.05) is 25.0 Å². The Labute approximate surface area is 157 Å². The van der Waals surface area contributed by atoms with Crippen molar-refractivity contribution in [2.24, 2.45) is 0 Å². The third-order valence-corrected chi connectivity index (χ3v) is 4.50. The van der Waals surface area contributed by atoms with Gasteiger partial charge in [-0.3, -0.25) is 0 Å². The van der Waals surface area contributed by atoms with Crippen molar-refractivity contribution in [3.05, 3.63) is 35.9 Å². The third kappa shape index (κ3) is 5.92. The first-order valence-corrected chi connectivity index (χ1v) is 9.43. The predicted molar refractivity (Wildman–Crippen MR) is 98.7 cm³/mol. The van der Waals surface area contributed by atoms with Crippen LogP contribution in [0.25, 0.3) is 0 Å². The highest BCUT2D eigenvalue weighted by Gasteiger charge is 2.34. The van der Waals surface area contributed by atoms with Crippen LogP contribution in [0, 0.1) is 0 Å². The second-order valence-electron chi connectivity index (χ2n) is 6.97. The van der Waals surface area contributed by atoms with Gasteiger partial charge in [-0.1, -0.05) is 46.3 Å². The molecule has 1 fully saturated rings. The van der Waals surface area contributed by atoms with Gasteiger partial charge >= 0.3 is 12.2 Å². The molecule has 1 heterocycles. The number of hydrogen-bond acceptors (Lipinski definition) is 4. The molecule has 1 unspecified atom stereocenters. The Bertz CT molecular complexity index is 588. The van der Waals surface area contributed by atoms with Crippen molar-refractivity contribution in [2.45, 2.75) is 39.0 Å². The van der Waals surface area contributed by atoms with Crippen molar-refractivity contribution in [1.82, 2.24) is 9.80 Å². The minimum absolute atomic E-state index is 0.149. The van der Waals surface area contributed by atoms with Crippen molar-refractivity contribution < 1.29 is 19.1 Å². The van der Waals surface area contributed by atoms with Gasteiger partial charge in [-0.25, -0.2) is 9.59 Å². The number of carbonyl (C=O) groups excluding carboxylic acids is 2. The molecular weight excluding hydrogens is 388 g/mol. The SMILES string of the molecule is CC(C)(C)OC(=O)N1CCN(C(=O)OCc2ccccc2)C(CBr)C1. The van der Waals surface area contributed by atoms with Crippen LogP contribution in [0.3, 0.4) is 0 Å². The Kier molecular flexibility index (Phi) is 6.70. The minimum atomic E-state index is -0.535. The first kappa shape index (κ1) is 19.6. The molecule has 1 atom stereocenters. The van der Waals surface area contributed by atoms with Crippen LogP contribution in [0.4, 0.5) is 9.59 Å². The maximum absolute atomic E-state index is 12.4. The number of piperazine rings is 1. The van der Waals surface area contributed by atoms with E-state index in [0.29, 0.717) is 25.0 Å². The Morgan fingerprint density at radius 2 is 1.84 bits per heavy atom. The average Bonchev–Trinajstić information content (AvgIpc) is 2.58. The summed E-state index contributed by atoms with van der Waals surface area (Å²) in [5.41, 5.74) is 0.408. The molecule has 0 spiro atoms. The Morgan fingerprint density at radius 1 is 1.16 bits per heavy atom. The van der Waals surface area contributed by atoms with Crippen LogP contribution in [0.15, 0.2) is 30.3 Å². The number of halogens is 1. The second kappa shape index (κ2) is 8.56. The van der Waals surface area contributed by atoms with Crippen molar-refractivity contribution in [2.75, 3.05) is 25.0 Å². The molecule has 2 amide bonds. The lowest BCUT2D eigenvalue weighted by atomic mass is 10.2. The lowest BCUT2D eigenvalue weighted by Crippen LogP contribution is -2.57. The summed E-state index contributed by atoms with van der Waals surface area (Å²) in [5.74, 6) is 0. The quantitative estimate of drug-likeness (QED) is 0.710. The molecule has 1 aliphatic rings. The largest absolute Gasteiger partial charge is 0.445 e. The lowest BCUT2D eigenvalue weighted by Gasteiger charge is -2.40. The van der Waals surface area contributed by atoms with Crippen LogP contribution in [-0.2, 0) is 16.1 Å². The molecule has 25 heavy (non-hydrogen) atoms. The van der Waals surface area contributed by atoms with Gasteiger partial charge in [0.25, 0.3) is 0 Å². The van der Waals surface area contributed by atoms with E-state index in [9.17, 15) is 9.59 Å². The summed E-state index contributed by atoms with van der Waals surface area (Å²) in [6.45, 7) is 7.02. The van der Waals surface area contributed by atoms with E-state index in [4.69, 9.17) is 9.47 Å². The van der Waals surface area contributed by atoms with Crippen LogP contribution >= 0.6 is 15.9 Å². The molecule has 2 rings (SSSR count). The monoisotopic (exact) mass is 412 g/mol. The zero-order valence-corrected chi connectivity index (χ0v) is 16.5. The maximum Gasteiger partial charge on any atom is 0.410 e. The van der Waals surface area contributed by atoms with E-state index in [0.717, 1.165) is 5.56 Å². The molecular formula is C18H25BrN2O4. The summed E-state index contributed by atoms with van der Waals surface area (Å²) in [4.78, 5) is 27.9. The summed E-state index contributed by atoms with van der Waals surface area (Å²) in [6, 6.07) is 9.41. The fourth-order valence-electron chi connectivity index (χ4n) is 2.52. The first-order chi connectivity index (χ1) is 11.8. The summed E-state index contributed by atoms with van der Waals surface area (Å²) < 4.78 is 10.8. The van der Waals surface area contributed by atoms with E-state index in [-0.39, 0.29) is 24.8 Å². The van der Waals surface area contributed by atoms with Crippen LogP contribution < -0.4 is 0 Å². The van der Waals surface area contributed by atoms with Crippen LogP contribution in [-0.4, -0.2) is 58.6 Å². The number of ether oxygens (including phenoxy) is 2. The molecule has 0 radical (unpaired) electrons. The predicted octanol–water partition coefficient (Wildman–Crippen LogP) is 3.64. The highest BCUT2D eigenvalue weighted by Crippen LogP contribution is 2.17. The Hall–Kier alpha value is -1.76. The highest BCUT2D eigenvalue weighted by atomic mass is 79.9.